The number of hydrogen-bond donors (Lipinski definition) is 0. The van der Waals surface area contributed by atoms with E-state index in [4.69, 9.17) is 5.10 Å². The zero-order chi connectivity index (χ0) is 30.6. The molecular formula is C32H38BrF3N4O2S. The number of hydrogen-bond acceptors (Lipinski definition) is 5. The number of sulfone groups is 1. The highest BCUT2D eigenvalue weighted by atomic mass is 79.9. The standard InChI is InChI=1S/C32H38BrF3N4O2S/c1-3-40-30(27-18-21(2)19-28(27)38-40)22-12-16-39(17-13-22)25-10-14-31(15-11-25,23-4-6-24(33)7-5-23)43(41,42)26-8-9-29(37-20-26)32(34,35)36/h4-9,20-22,25H,3,10-19H2,1-2H3. The summed E-state index contributed by atoms with van der Waals surface area (Å²) in [5, 5.41) is 4.94. The molecule has 1 atom stereocenters. The molecule has 1 saturated carbocycles. The molecule has 11 heteroatoms. The molecule has 3 aliphatic rings. The van der Waals surface area contributed by atoms with Crippen LogP contribution in [0.1, 0.15) is 86.5 Å². The van der Waals surface area contributed by atoms with Crippen molar-refractivity contribution in [2.24, 2.45) is 5.92 Å². The number of halogens is 4. The third-order valence-corrected chi connectivity index (χ3v) is 13.1. The van der Waals surface area contributed by atoms with Crippen LogP contribution in [0.4, 0.5) is 13.2 Å². The Balaban J connectivity index is 1.20. The van der Waals surface area contributed by atoms with Crippen molar-refractivity contribution in [1.29, 1.82) is 0 Å². The van der Waals surface area contributed by atoms with Crippen molar-refractivity contribution in [3.63, 3.8) is 0 Å². The Bertz CT molecular complexity index is 1560. The fourth-order valence-corrected chi connectivity index (χ4v) is 10.1. The van der Waals surface area contributed by atoms with Gasteiger partial charge in [-0.15, -0.1) is 0 Å². The summed E-state index contributed by atoms with van der Waals surface area (Å²) in [6.45, 7) is 7.29. The fourth-order valence-electron chi connectivity index (χ4n) is 7.77. The van der Waals surface area contributed by atoms with E-state index in [0.717, 1.165) is 68.1 Å². The molecule has 1 saturated heterocycles. The van der Waals surface area contributed by atoms with Crippen LogP contribution in [0.15, 0.2) is 52.0 Å². The highest BCUT2D eigenvalue weighted by Crippen LogP contribution is 2.49. The molecule has 2 aliphatic carbocycles. The van der Waals surface area contributed by atoms with Gasteiger partial charge in [0.15, 0.2) is 9.84 Å². The van der Waals surface area contributed by atoms with Crippen molar-refractivity contribution < 1.29 is 21.6 Å². The van der Waals surface area contributed by atoms with E-state index < -0.39 is 26.5 Å². The molecule has 0 amide bonds. The molecule has 232 valence electrons. The first-order valence-electron chi connectivity index (χ1n) is 15.3. The third-order valence-electron chi connectivity index (χ3n) is 9.99. The van der Waals surface area contributed by atoms with E-state index in [-0.39, 0.29) is 10.9 Å². The van der Waals surface area contributed by atoms with Crippen molar-refractivity contribution >= 4 is 25.8 Å². The number of benzene rings is 1. The monoisotopic (exact) mass is 678 g/mol. The van der Waals surface area contributed by atoms with Gasteiger partial charge in [0.2, 0.25) is 0 Å². The van der Waals surface area contributed by atoms with Gasteiger partial charge in [0.05, 0.1) is 10.6 Å². The lowest BCUT2D eigenvalue weighted by Gasteiger charge is -2.45. The lowest BCUT2D eigenvalue weighted by Crippen LogP contribution is -2.48. The van der Waals surface area contributed by atoms with Crippen LogP contribution >= 0.6 is 15.9 Å². The van der Waals surface area contributed by atoms with Crippen LogP contribution in [0.25, 0.3) is 0 Å². The van der Waals surface area contributed by atoms with E-state index in [0.29, 0.717) is 43.1 Å². The highest BCUT2D eigenvalue weighted by Gasteiger charge is 2.50. The summed E-state index contributed by atoms with van der Waals surface area (Å²) >= 11 is 3.44. The average molecular weight is 680 g/mol. The number of pyridine rings is 1. The third kappa shape index (κ3) is 5.58. The first-order valence-corrected chi connectivity index (χ1v) is 17.6. The van der Waals surface area contributed by atoms with E-state index in [1.807, 2.05) is 24.3 Å². The van der Waals surface area contributed by atoms with Crippen molar-refractivity contribution in [1.82, 2.24) is 19.7 Å². The molecule has 1 unspecified atom stereocenters. The van der Waals surface area contributed by atoms with Gasteiger partial charge in [0.25, 0.3) is 0 Å². The van der Waals surface area contributed by atoms with Crippen LogP contribution in [0, 0.1) is 5.92 Å². The molecule has 0 radical (unpaired) electrons. The number of nitrogens with zero attached hydrogens (tertiary/aromatic N) is 4. The van der Waals surface area contributed by atoms with Gasteiger partial charge in [-0.25, -0.2) is 8.42 Å². The molecule has 3 aromatic rings. The predicted octanol–water partition coefficient (Wildman–Crippen LogP) is 7.31. The Hall–Kier alpha value is -2.24. The largest absolute Gasteiger partial charge is 0.433 e. The molecule has 1 aromatic carbocycles. The second-order valence-corrected chi connectivity index (χ2v) is 15.7. The predicted molar refractivity (Wildman–Crippen MR) is 163 cm³/mol. The van der Waals surface area contributed by atoms with Gasteiger partial charge in [0, 0.05) is 34.9 Å². The lowest BCUT2D eigenvalue weighted by atomic mass is 9.79. The molecule has 6 nitrogen and oxygen atoms in total. The molecule has 6 rings (SSSR count). The van der Waals surface area contributed by atoms with Crippen molar-refractivity contribution in [2.75, 3.05) is 13.1 Å². The molecule has 1 aliphatic heterocycles. The minimum Gasteiger partial charge on any atom is -0.300 e. The molecule has 0 spiro atoms. The Labute approximate surface area is 260 Å². The first kappa shape index (κ1) is 30.8. The van der Waals surface area contributed by atoms with E-state index in [1.54, 1.807) is 0 Å². The normalized spacial score (nSPS) is 25.6. The summed E-state index contributed by atoms with van der Waals surface area (Å²) in [5.74, 6) is 1.15. The summed E-state index contributed by atoms with van der Waals surface area (Å²) in [4.78, 5) is 5.84. The molecule has 0 bridgehead atoms. The lowest BCUT2D eigenvalue weighted by molar-refractivity contribution is -0.141. The van der Waals surface area contributed by atoms with Crippen LogP contribution in [0.5, 0.6) is 0 Å². The summed E-state index contributed by atoms with van der Waals surface area (Å²) < 4.78 is 69.8. The van der Waals surface area contributed by atoms with Gasteiger partial charge in [-0.05, 0) is 113 Å². The van der Waals surface area contributed by atoms with Gasteiger partial charge < -0.3 is 4.90 Å². The second-order valence-electron chi connectivity index (χ2n) is 12.6. The maximum Gasteiger partial charge on any atom is 0.433 e. The average Bonchev–Trinajstić information content (AvgIpc) is 3.52. The Morgan fingerprint density at radius 1 is 1.00 bits per heavy atom. The van der Waals surface area contributed by atoms with Gasteiger partial charge >= 0.3 is 6.18 Å². The maximum absolute atomic E-state index is 14.2. The molecule has 0 N–H and O–H groups in total. The topological polar surface area (TPSA) is 68.1 Å². The molecule has 43 heavy (non-hydrogen) atoms. The zero-order valence-electron chi connectivity index (χ0n) is 24.6. The van der Waals surface area contributed by atoms with E-state index in [2.05, 4.69) is 44.3 Å². The maximum atomic E-state index is 14.2. The van der Waals surface area contributed by atoms with E-state index in [1.165, 1.54) is 17.0 Å². The molecule has 2 fully saturated rings. The summed E-state index contributed by atoms with van der Waals surface area (Å²) in [5.41, 5.74) is 3.78. The highest BCUT2D eigenvalue weighted by molar-refractivity contribution is 9.10. The first-order chi connectivity index (χ1) is 20.4. The van der Waals surface area contributed by atoms with Gasteiger partial charge in [-0.1, -0.05) is 35.0 Å². The Morgan fingerprint density at radius 2 is 1.67 bits per heavy atom. The number of likely N-dealkylation sites (tertiary alicyclic amines) is 1. The van der Waals surface area contributed by atoms with Crippen molar-refractivity contribution in [3.8, 4) is 0 Å². The number of aryl methyl sites for hydroxylation is 1. The number of aromatic nitrogens is 3. The van der Waals surface area contributed by atoms with Crippen LogP contribution in [-0.4, -0.2) is 47.2 Å². The Morgan fingerprint density at radius 3 is 2.26 bits per heavy atom. The number of fused-ring (bicyclic) bond motifs is 1. The quantitative estimate of drug-likeness (QED) is 0.274. The summed E-state index contributed by atoms with van der Waals surface area (Å²) in [6.07, 6.45) is 2.76. The minimum atomic E-state index is -4.63. The summed E-state index contributed by atoms with van der Waals surface area (Å²) in [7, 11) is -4.04. The fraction of sp³-hybridized carbons (Fsp3) is 0.562. The van der Waals surface area contributed by atoms with E-state index in [9.17, 15) is 21.6 Å². The van der Waals surface area contributed by atoms with Crippen LogP contribution in [0.2, 0.25) is 0 Å². The molecule has 3 heterocycles. The van der Waals surface area contributed by atoms with Crippen LogP contribution < -0.4 is 0 Å². The SMILES string of the molecule is CCn1nc2c(c1C1CCN(C3CCC(c4ccc(Br)cc4)(S(=O)(=O)c4ccc(C(F)(F)F)nc4)CC3)CC1)CC(C)C2. The van der Waals surface area contributed by atoms with Crippen molar-refractivity contribution in [3.05, 3.63) is 75.3 Å². The number of piperidine rings is 1. The summed E-state index contributed by atoms with van der Waals surface area (Å²) in [6, 6.07) is 9.38. The number of alkyl halides is 3. The zero-order valence-corrected chi connectivity index (χ0v) is 27.0. The van der Waals surface area contributed by atoms with Crippen LogP contribution in [0.3, 0.4) is 0 Å². The second kappa shape index (κ2) is 11.6. The molecule has 2 aromatic heterocycles. The van der Waals surface area contributed by atoms with Gasteiger partial charge in [-0.2, -0.15) is 18.3 Å². The van der Waals surface area contributed by atoms with Crippen LogP contribution in [-0.2, 0) is 40.1 Å². The molecular weight excluding hydrogens is 641 g/mol. The smallest absolute Gasteiger partial charge is 0.300 e. The van der Waals surface area contributed by atoms with Crippen molar-refractivity contribution in [2.45, 2.75) is 99.5 Å². The Kier molecular flexibility index (Phi) is 8.30. The van der Waals surface area contributed by atoms with Gasteiger partial charge in [-0.3, -0.25) is 9.67 Å². The van der Waals surface area contributed by atoms with E-state index >= 15 is 0 Å². The minimum absolute atomic E-state index is 0.169. The number of rotatable bonds is 6. The van der Waals surface area contributed by atoms with Gasteiger partial charge in [0.1, 0.15) is 10.4 Å².